The van der Waals surface area contributed by atoms with E-state index in [1.165, 1.54) is 0 Å². The van der Waals surface area contributed by atoms with Gasteiger partial charge in [0.1, 0.15) is 5.75 Å². The fraction of sp³-hybridized carbons (Fsp3) is 0.261. The first kappa shape index (κ1) is 20.6. The summed E-state index contributed by atoms with van der Waals surface area (Å²) >= 11 is 0. The van der Waals surface area contributed by atoms with Gasteiger partial charge in [-0.15, -0.1) is 10.2 Å². The molecule has 31 heavy (non-hydrogen) atoms. The van der Waals surface area contributed by atoms with Crippen LogP contribution in [0.3, 0.4) is 0 Å². The summed E-state index contributed by atoms with van der Waals surface area (Å²) < 4.78 is 5.13. The van der Waals surface area contributed by atoms with E-state index >= 15 is 0 Å². The molecule has 1 aliphatic rings. The van der Waals surface area contributed by atoms with Gasteiger partial charge in [-0.1, -0.05) is 12.1 Å². The van der Waals surface area contributed by atoms with E-state index in [0.717, 1.165) is 49.0 Å². The highest BCUT2D eigenvalue weighted by molar-refractivity contribution is 6.00. The molecule has 2 amide bonds. The van der Waals surface area contributed by atoms with Crippen molar-refractivity contribution in [1.82, 2.24) is 15.1 Å². The van der Waals surface area contributed by atoms with Crippen LogP contribution in [0.25, 0.3) is 11.3 Å². The number of carbonyl (C=O) groups excluding carboxylic acids is 1. The minimum atomic E-state index is -0.321. The van der Waals surface area contributed by atoms with Gasteiger partial charge in [0.05, 0.1) is 12.8 Å². The molecular formula is C23H26N6O2. The van der Waals surface area contributed by atoms with Crippen molar-refractivity contribution in [1.29, 1.82) is 0 Å². The Morgan fingerprint density at radius 3 is 2.32 bits per heavy atom. The molecule has 160 valence electrons. The minimum Gasteiger partial charge on any atom is -0.497 e. The molecule has 0 spiro atoms. The number of hydrogen-bond donors (Lipinski definition) is 2. The summed E-state index contributed by atoms with van der Waals surface area (Å²) in [6.07, 6.45) is 0. The molecule has 0 saturated carbocycles. The van der Waals surface area contributed by atoms with E-state index < -0.39 is 0 Å². The number of methoxy groups -OCH3 is 1. The molecule has 8 nitrogen and oxygen atoms in total. The SMILES string of the molecule is COc1ccc(NC(=O)Nc2cccc(-c3ccc(N4CCN(C)CC4)nn3)c2)cc1. The van der Waals surface area contributed by atoms with Crippen molar-refractivity contribution in [2.75, 3.05) is 55.9 Å². The predicted molar refractivity (Wildman–Crippen MR) is 123 cm³/mol. The molecular weight excluding hydrogens is 392 g/mol. The first-order valence-electron chi connectivity index (χ1n) is 10.2. The molecule has 0 unspecified atom stereocenters. The predicted octanol–water partition coefficient (Wildman–Crippen LogP) is 3.55. The Morgan fingerprint density at radius 1 is 0.903 bits per heavy atom. The number of ether oxygens (including phenoxy) is 1. The first-order valence-corrected chi connectivity index (χ1v) is 10.2. The molecule has 1 fully saturated rings. The van der Waals surface area contributed by atoms with Crippen LogP contribution in [0, 0.1) is 0 Å². The maximum Gasteiger partial charge on any atom is 0.323 e. The van der Waals surface area contributed by atoms with Gasteiger partial charge in [0.25, 0.3) is 0 Å². The van der Waals surface area contributed by atoms with E-state index in [-0.39, 0.29) is 6.03 Å². The monoisotopic (exact) mass is 418 g/mol. The third kappa shape index (κ3) is 5.29. The molecule has 3 aromatic rings. The zero-order valence-electron chi connectivity index (χ0n) is 17.7. The highest BCUT2D eigenvalue weighted by atomic mass is 16.5. The van der Waals surface area contributed by atoms with Crippen LogP contribution < -0.4 is 20.3 Å². The number of amides is 2. The van der Waals surface area contributed by atoms with Crippen molar-refractivity contribution in [2.24, 2.45) is 0 Å². The van der Waals surface area contributed by atoms with E-state index in [0.29, 0.717) is 11.4 Å². The summed E-state index contributed by atoms with van der Waals surface area (Å²) in [7, 11) is 3.73. The zero-order valence-corrected chi connectivity index (χ0v) is 17.7. The van der Waals surface area contributed by atoms with E-state index in [9.17, 15) is 4.79 Å². The number of aromatic nitrogens is 2. The van der Waals surface area contributed by atoms with Crippen molar-refractivity contribution >= 4 is 23.2 Å². The Hall–Kier alpha value is -3.65. The zero-order chi connectivity index (χ0) is 21.6. The number of likely N-dealkylation sites (N-methyl/N-ethyl adjacent to an activating group) is 1. The lowest BCUT2D eigenvalue weighted by molar-refractivity contribution is 0.262. The minimum absolute atomic E-state index is 0.321. The van der Waals surface area contributed by atoms with E-state index in [2.05, 4.69) is 37.7 Å². The smallest absolute Gasteiger partial charge is 0.323 e. The lowest BCUT2D eigenvalue weighted by Crippen LogP contribution is -2.44. The van der Waals surface area contributed by atoms with Gasteiger partial charge >= 0.3 is 6.03 Å². The van der Waals surface area contributed by atoms with Crippen LogP contribution in [0.5, 0.6) is 5.75 Å². The molecule has 0 radical (unpaired) electrons. The van der Waals surface area contributed by atoms with Gasteiger partial charge < -0.3 is 25.2 Å². The van der Waals surface area contributed by atoms with Gasteiger partial charge in [-0.3, -0.25) is 0 Å². The molecule has 1 aromatic heterocycles. The average molecular weight is 419 g/mol. The van der Waals surface area contributed by atoms with Gasteiger partial charge in [-0.2, -0.15) is 0 Å². The molecule has 4 rings (SSSR count). The Labute approximate surface area is 181 Å². The van der Waals surface area contributed by atoms with Crippen molar-refractivity contribution in [3.05, 3.63) is 60.7 Å². The van der Waals surface area contributed by atoms with Crippen LogP contribution in [-0.2, 0) is 0 Å². The highest BCUT2D eigenvalue weighted by Crippen LogP contribution is 2.23. The van der Waals surface area contributed by atoms with Gasteiger partial charge in [0, 0.05) is 43.1 Å². The molecule has 2 heterocycles. The molecule has 2 aromatic carbocycles. The second-order valence-corrected chi connectivity index (χ2v) is 7.46. The second kappa shape index (κ2) is 9.44. The van der Waals surface area contributed by atoms with Crippen LogP contribution in [0.1, 0.15) is 0 Å². The third-order valence-electron chi connectivity index (χ3n) is 5.24. The summed E-state index contributed by atoms with van der Waals surface area (Å²) in [6.45, 7) is 3.95. The van der Waals surface area contributed by atoms with Crippen LogP contribution in [0.4, 0.5) is 22.0 Å². The van der Waals surface area contributed by atoms with Gasteiger partial charge in [0.15, 0.2) is 5.82 Å². The molecule has 1 saturated heterocycles. The lowest BCUT2D eigenvalue weighted by atomic mass is 10.1. The summed E-state index contributed by atoms with van der Waals surface area (Å²) in [4.78, 5) is 16.9. The van der Waals surface area contributed by atoms with Crippen LogP contribution in [0.15, 0.2) is 60.7 Å². The topological polar surface area (TPSA) is 82.6 Å². The Balaban J connectivity index is 1.40. The van der Waals surface area contributed by atoms with E-state index in [4.69, 9.17) is 4.74 Å². The Bertz CT molecular complexity index is 1010. The quantitative estimate of drug-likeness (QED) is 0.659. The number of carbonyl (C=O) groups is 1. The maximum atomic E-state index is 12.3. The number of benzene rings is 2. The standard InChI is InChI=1S/C23H26N6O2/c1-28-12-14-29(15-13-28)22-11-10-21(26-27-22)17-4-3-5-19(16-17)25-23(30)24-18-6-8-20(31-2)9-7-18/h3-11,16H,12-15H2,1-2H3,(H2,24,25,30). The number of urea groups is 1. The second-order valence-electron chi connectivity index (χ2n) is 7.46. The number of nitrogens with zero attached hydrogens (tertiary/aromatic N) is 4. The molecule has 0 bridgehead atoms. The lowest BCUT2D eigenvalue weighted by Gasteiger charge is -2.32. The summed E-state index contributed by atoms with van der Waals surface area (Å²) in [5, 5.41) is 14.5. The molecule has 1 aliphatic heterocycles. The molecule has 8 heteroatoms. The van der Waals surface area contributed by atoms with Crippen molar-refractivity contribution in [3.8, 4) is 17.0 Å². The van der Waals surface area contributed by atoms with Crippen LogP contribution in [-0.4, -0.2) is 61.5 Å². The molecule has 2 N–H and O–H groups in total. The summed E-state index contributed by atoms with van der Waals surface area (Å²) in [6, 6.07) is 18.4. The normalized spacial score (nSPS) is 14.2. The molecule has 0 aliphatic carbocycles. The third-order valence-corrected chi connectivity index (χ3v) is 5.24. The van der Waals surface area contributed by atoms with Crippen molar-refractivity contribution in [3.63, 3.8) is 0 Å². The van der Waals surface area contributed by atoms with Gasteiger partial charge in [-0.05, 0) is 55.6 Å². The molecule has 0 atom stereocenters. The maximum absolute atomic E-state index is 12.3. The first-order chi connectivity index (χ1) is 15.1. The van der Waals surface area contributed by atoms with Gasteiger partial charge in [0.2, 0.25) is 0 Å². The number of nitrogens with one attached hydrogen (secondary N) is 2. The Kier molecular flexibility index (Phi) is 6.28. The van der Waals surface area contributed by atoms with Crippen molar-refractivity contribution < 1.29 is 9.53 Å². The number of rotatable bonds is 5. The van der Waals surface area contributed by atoms with Crippen molar-refractivity contribution in [2.45, 2.75) is 0 Å². The number of piperazine rings is 1. The van der Waals surface area contributed by atoms with Crippen LogP contribution in [0.2, 0.25) is 0 Å². The summed E-state index contributed by atoms with van der Waals surface area (Å²) in [5.41, 5.74) is 3.00. The number of hydrogen-bond acceptors (Lipinski definition) is 6. The Morgan fingerprint density at radius 2 is 1.65 bits per heavy atom. The average Bonchev–Trinajstić information content (AvgIpc) is 2.80. The highest BCUT2D eigenvalue weighted by Gasteiger charge is 2.15. The summed E-state index contributed by atoms with van der Waals surface area (Å²) in [5.74, 6) is 1.63. The fourth-order valence-corrected chi connectivity index (χ4v) is 3.41. The van der Waals surface area contributed by atoms with Crippen LogP contribution >= 0.6 is 0 Å². The fourth-order valence-electron chi connectivity index (χ4n) is 3.41. The van der Waals surface area contributed by atoms with Gasteiger partial charge in [-0.25, -0.2) is 4.79 Å². The van der Waals surface area contributed by atoms with E-state index in [1.807, 2.05) is 36.4 Å². The van der Waals surface area contributed by atoms with E-state index in [1.54, 1.807) is 31.4 Å². The number of anilines is 3. The largest absolute Gasteiger partial charge is 0.497 e.